The molecule has 1 atom stereocenters. The number of hydrogen-bond acceptors (Lipinski definition) is 0. The Bertz CT molecular complexity index is 224. The minimum Gasteiger partial charge on any atom is -0.120 e. The topological polar surface area (TPSA) is 0 Å². The molecule has 0 rings (SSSR count). The van der Waals surface area contributed by atoms with Gasteiger partial charge in [0.25, 0.3) is 0 Å². The molecule has 0 aromatic heterocycles. The van der Waals surface area contributed by atoms with E-state index in [0.29, 0.717) is 0 Å². The Kier molecular flexibility index (Phi) is 7.41. The lowest BCUT2D eigenvalue weighted by Gasteiger charge is -2.24. The lowest BCUT2D eigenvalue weighted by atomic mass is 9.92. The fourth-order valence-electron chi connectivity index (χ4n) is 1.68. The molecular formula is C13H23Cl3. The van der Waals surface area contributed by atoms with Gasteiger partial charge < -0.3 is 0 Å². The summed E-state index contributed by atoms with van der Waals surface area (Å²) in [4.78, 5) is -0.318. The Morgan fingerprint density at radius 2 is 1.69 bits per heavy atom. The van der Waals surface area contributed by atoms with Crippen LogP contribution in [0.3, 0.4) is 0 Å². The van der Waals surface area contributed by atoms with Crippen molar-refractivity contribution < 1.29 is 0 Å². The van der Waals surface area contributed by atoms with Crippen molar-refractivity contribution in [3.63, 3.8) is 0 Å². The molecule has 0 bridgehead atoms. The molecular weight excluding hydrogens is 263 g/mol. The third-order valence-electron chi connectivity index (χ3n) is 2.67. The average Bonchev–Trinajstić information content (AvgIpc) is 2.11. The van der Waals surface area contributed by atoms with Gasteiger partial charge in [0.15, 0.2) is 0 Å². The maximum atomic E-state index is 6.47. The van der Waals surface area contributed by atoms with Crippen LogP contribution in [0.15, 0.2) is 11.1 Å². The van der Waals surface area contributed by atoms with E-state index in [2.05, 4.69) is 13.8 Å². The maximum Gasteiger partial charge on any atom is 0.0456 e. The number of halogens is 3. The van der Waals surface area contributed by atoms with Crippen LogP contribution < -0.4 is 0 Å². The number of allylic oxidation sites excluding steroid dienone is 1. The van der Waals surface area contributed by atoms with Gasteiger partial charge >= 0.3 is 0 Å². The van der Waals surface area contributed by atoms with E-state index in [4.69, 9.17) is 34.8 Å². The summed E-state index contributed by atoms with van der Waals surface area (Å²) in [6.45, 7) is 8.25. The average molecular weight is 286 g/mol. The molecule has 0 N–H and O–H groups in total. The van der Waals surface area contributed by atoms with Crippen LogP contribution in [0, 0.1) is 0 Å². The van der Waals surface area contributed by atoms with Crippen LogP contribution >= 0.6 is 34.8 Å². The number of alkyl halides is 2. The molecule has 0 heterocycles. The molecule has 0 aliphatic carbocycles. The SMILES string of the molecule is CCC(=CCl)CC(C)(Cl)CCCC(C)(C)Cl. The van der Waals surface area contributed by atoms with Crippen LogP contribution in [-0.4, -0.2) is 9.75 Å². The second-order valence-electron chi connectivity index (χ2n) is 5.28. The normalized spacial score (nSPS) is 17.3. The predicted octanol–water partition coefficient (Wildman–Crippen LogP) is 6.09. The van der Waals surface area contributed by atoms with Crippen molar-refractivity contribution in [2.24, 2.45) is 0 Å². The van der Waals surface area contributed by atoms with E-state index in [-0.39, 0.29) is 9.75 Å². The van der Waals surface area contributed by atoms with Gasteiger partial charge in [-0.2, -0.15) is 0 Å². The zero-order valence-electron chi connectivity index (χ0n) is 10.7. The second kappa shape index (κ2) is 7.13. The summed E-state index contributed by atoms with van der Waals surface area (Å²) >= 11 is 18.4. The maximum absolute atomic E-state index is 6.47. The van der Waals surface area contributed by atoms with E-state index in [0.717, 1.165) is 32.1 Å². The standard InChI is InChI=1S/C13H23Cl3/c1-5-11(10-14)9-13(4,16)8-6-7-12(2,3)15/h10H,5-9H2,1-4H3. The highest BCUT2D eigenvalue weighted by atomic mass is 35.5. The van der Waals surface area contributed by atoms with Crippen LogP contribution in [0.1, 0.15) is 59.8 Å². The summed E-state index contributed by atoms with van der Waals surface area (Å²) in [5, 5.41) is 0. The van der Waals surface area contributed by atoms with Gasteiger partial charge in [0, 0.05) is 15.3 Å². The summed E-state index contributed by atoms with van der Waals surface area (Å²) in [6.07, 6.45) is 4.84. The number of rotatable bonds is 7. The van der Waals surface area contributed by atoms with E-state index in [9.17, 15) is 0 Å². The van der Waals surface area contributed by atoms with Crippen molar-refractivity contribution in [2.45, 2.75) is 69.5 Å². The molecule has 0 aliphatic heterocycles. The smallest absolute Gasteiger partial charge is 0.0456 e. The van der Waals surface area contributed by atoms with Crippen LogP contribution in [-0.2, 0) is 0 Å². The van der Waals surface area contributed by atoms with Crippen molar-refractivity contribution in [1.82, 2.24) is 0 Å². The second-order valence-corrected chi connectivity index (χ2v) is 7.44. The van der Waals surface area contributed by atoms with Crippen molar-refractivity contribution in [3.05, 3.63) is 11.1 Å². The molecule has 0 saturated carbocycles. The molecule has 16 heavy (non-hydrogen) atoms. The molecule has 0 fully saturated rings. The first-order valence-corrected chi connectivity index (χ1v) is 7.05. The molecule has 0 aromatic carbocycles. The Balaban J connectivity index is 4.05. The molecule has 0 radical (unpaired) electrons. The zero-order valence-corrected chi connectivity index (χ0v) is 13.0. The summed E-state index contributed by atoms with van der Waals surface area (Å²) in [7, 11) is 0. The molecule has 96 valence electrons. The third-order valence-corrected chi connectivity index (χ3v) is 3.49. The first kappa shape index (κ1) is 16.6. The quantitative estimate of drug-likeness (QED) is 0.496. The molecule has 0 aromatic rings. The van der Waals surface area contributed by atoms with Crippen LogP contribution in [0.4, 0.5) is 0 Å². The Hall–Kier alpha value is 0.610. The van der Waals surface area contributed by atoms with Crippen LogP contribution in [0.25, 0.3) is 0 Å². The Morgan fingerprint density at radius 1 is 1.12 bits per heavy atom. The van der Waals surface area contributed by atoms with E-state index in [1.807, 2.05) is 13.8 Å². The summed E-state index contributed by atoms with van der Waals surface area (Å²) in [6, 6.07) is 0. The van der Waals surface area contributed by atoms with Gasteiger partial charge in [0.2, 0.25) is 0 Å². The molecule has 3 heteroatoms. The molecule has 0 amide bonds. The third kappa shape index (κ3) is 8.73. The van der Waals surface area contributed by atoms with Gasteiger partial charge in [-0.1, -0.05) is 24.1 Å². The molecule has 0 saturated heterocycles. The summed E-state index contributed by atoms with van der Waals surface area (Å²) in [5.41, 5.74) is 2.87. The Morgan fingerprint density at radius 3 is 2.06 bits per heavy atom. The van der Waals surface area contributed by atoms with E-state index in [1.165, 1.54) is 5.57 Å². The summed E-state index contributed by atoms with van der Waals surface area (Å²) in [5.74, 6) is 0. The zero-order chi connectivity index (χ0) is 12.8. The lowest BCUT2D eigenvalue weighted by molar-refractivity contribution is 0.490. The number of hydrogen-bond donors (Lipinski definition) is 0. The van der Waals surface area contributed by atoms with E-state index in [1.54, 1.807) is 5.54 Å². The monoisotopic (exact) mass is 284 g/mol. The first-order valence-electron chi connectivity index (χ1n) is 5.86. The van der Waals surface area contributed by atoms with E-state index >= 15 is 0 Å². The molecule has 1 unspecified atom stereocenters. The van der Waals surface area contributed by atoms with Crippen molar-refractivity contribution in [1.29, 1.82) is 0 Å². The van der Waals surface area contributed by atoms with Gasteiger partial charge in [-0.25, -0.2) is 0 Å². The van der Waals surface area contributed by atoms with Crippen molar-refractivity contribution in [3.8, 4) is 0 Å². The highest BCUT2D eigenvalue weighted by molar-refractivity contribution is 6.26. The van der Waals surface area contributed by atoms with Gasteiger partial charge in [0.05, 0.1) is 0 Å². The van der Waals surface area contributed by atoms with E-state index < -0.39 is 0 Å². The fraction of sp³-hybridized carbons (Fsp3) is 0.846. The minimum absolute atomic E-state index is 0.122. The van der Waals surface area contributed by atoms with Crippen molar-refractivity contribution in [2.75, 3.05) is 0 Å². The highest BCUT2D eigenvalue weighted by Crippen LogP contribution is 2.32. The first-order chi connectivity index (χ1) is 7.20. The molecule has 0 nitrogen and oxygen atoms in total. The van der Waals surface area contributed by atoms with Gasteiger partial charge in [-0.15, -0.1) is 23.2 Å². The highest BCUT2D eigenvalue weighted by Gasteiger charge is 2.23. The van der Waals surface area contributed by atoms with Gasteiger partial charge in [-0.3, -0.25) is 0 Å². The van der Waals surface area contributed by atoms with Crippen LogP contribution in [0.5, 0.6) is 0 Å². The van der Waals surface area contributed by atoms with Gasteiger partial charge in [0.1, 0.15) is 0 Å². The largest absolute Gasteiger partial charge is 0.120 e. The molecule has 0 spiro atoms. The minimum atomic E-state index is -0.196. The fourth-order valence-corrected chi connectivity index (χ4v) is 2.35. The van der Waals surface area contributed by atoms with Crippen LogP contribution in [0.2, 0.25) is 0 Å². The van der Waals surface area contributed by atoms with Gasteiger partial charge in [-0.05, 0) is 52.9 Å². The lowest BCUT2D eigenvalue weighted by Crippen LogP contribution is -2.19. The van der Waals surface area contributed by atoms with Crippen molar-refractivity contribution >= 4 is 34.8 Å². The Labute approximate surface area is 115 Å². The summed E-state index contributed by atoms with van der Waals surface area (Å²) < 4.78 is 0. The molecule has 0 aliphatic rings. The predicted molar refractivity (Wildman–Crippen MR) is 76.9 cm³/mol.